The maximum Gasteiger partial charge on any atom is 0.321 e. The highest BCUT2D eigenvalue weighted by Gasteiger charge is 2.14. The zero-order valence-electron chi connectivity index (χ0n) is 15.3. The van der Waals surface area contributed by atoms with Crippen molar-refractivity contribution in [1.82, 2.24) is 4.90 Å². The van der Waals surface area contributed by atoms with Gasteiger partial charge < -0.3 is 10.2 Å². The Balaban J connectivity index is 2.03. The molecule has 0 unspecified atom stereocenters. The van der Waals surface area contributed by atoms with Crippen molar-refractivity contribution < 1.29 is 9.18 Å². The molecule has 0 aliphatic rings. The first-order chi connectivity index (χ1) is 12.0. The van der Waals surface area contributed by atoms with Gasteiger partial charge in [-0.05, 0) is 56.0 Å². The molecule has 0 aliphatic heterocycles. The second-order valence-electron chi connectivity index (χ2n) is 6.47. The summed E-state index contributed by atoms with van der Waals surface area (Å²) in [4.78, 5) is 14.5. The molecule has 0 aliphatic carbocycles. The van der Waals surface area contributed by atoms with Crippen LogP contribution in [0.2, 0.25) is 0 Å². The zero-order valence-corrected chi connectivity index (χ0v) is 15.3. The lowest BCUT2D eigenvalue weighted by molar-refractivity contribution is 0.211. The van der Waals surface area contributed by atoms with Crippen LogP contribution in [0.4, 0.5) is 14.9 Å². The molecule has 2 amide bonds. The molecule has 0 radical (unpaired) electrons. The summed E-state index contributed by atoms with van der Waals surface area (Å²) in [7, 11) is 0. The van der Waals surface area contributed by atoms with Crippen molar-refractivity contribution in [2.75, 3.05) is 18.4 Å². The van der Waals surface area contributed by atoms with E-state index < -0.39 is 0 Å². The van der Waals surface area contributed by atoms with Gasteiger partial charge in [0, 0.05) is 18.8 Å². The Hall–Kier alpha value is -2.36. The first kappa shape index (κ1) is 19.0. The second kappa shape index (κ2) is 9.21. The number of rotatable bonds is 7. The van der Waals surface area contributed by atoms with Gasteiger partial charge >= 0.3 is 6.03 Å². The highest BCUT2D eigenvalue weighted by atomic mass is 19.1. The Bertz CT molecular complexity index is 715. The number of carbonyl (C=O) groups is 1. The van der Waals surface area contributed by atoms with E-state index in [1.54, 1.807) is 6.07 Å². The monoisotopic (exact) mass is 342 g/mol. The molecule has 25 heavy (non-hydrogen) atoms. The van der Waals surface area contributed by atoms with Gasteiger partial charge in [-0.15, -0.1) is 0 Å². The van der Waals surface area contributed by atoms with Gasteiger partial charge in [0.15, 0.2) is 0 Å². The molecule has 0 spiro atoms. The molecule has 2 aromatic carbocycles. The summed E-state index contributed by atoms with van der Waals surface area (Å²) in [6.07, 6.45) is 2.61. The predicted octanol–water partition coefficient (Wildman–Crippen LogP) is 5.32. The fraction of sp³-hybridized carbons (Fsp3) is 0.381. The maximum absolute atomic E-state index is 13.3. The molecule has 3 nitrogen and oxygen atoms in total. The molecule has 1 N–H and O–H groups in total. The van der Waals surface area contributed by atoms with E-state index in [-0.39, 0.29) is 11.8 Å². The Morgan fingerprint density at radius 2 is 1.92 bits per heavy atom. The minimum Gasteiger partial charge on any atom is -0.324 e. The predicted molar refractivity (Wildman–Crippen MR) is 102 cm³/mol. The van der Waals surface area contributed by atoms with E-state index in [2.05, 4.69) is 18.3 Å². The van der Waals surface area contributed by atoms with Crippen molar-refractivity contribution in [3.63, 3.8) is 0 Å². The minimum absolute atomic E-state index is 0.100. The van der Waals surface area contributed by atoms with Crippen LogP contribution in [0.5, 0.6) is 0 Å². The SMILES string of the molecule is CCCCN(CCc1cccc(F)c1)C(=O)Nc1ccc(C)cc1C. The molecule has 0 atom stereocenters. The van der Waals surface area contributed by atoms with E-state index >= 15 is 0 Å². The molecule has 2 rings (SSSR count). The highest BCUT2D eigenvalue weighted by molar-refractivity contribution is 5.90. The number of unbranched alkanes of at least 4 members (excludes halogenated alkanes) is 1. The molecule has 0 saturated heterocycles. The van der Waals surface area contributed by atoms with Gasteiger partial charge in [-0.3, -0.25) is 0 Å². The molecule has 134 valence electrons. The van der Waals surface area contributed by atoms with Crippen molar-refractivity contribution in [2.24, 2.45) is 0 Å². The molecule has 4 heteroatoms. The molecule has 0 saturated carbocycles. The van der Waals surface area contributed by atoms with Crippen molar-refractivity contribution >= 4 is 11.7 Å². The summed E-state index contributed by atoms with van der Waals surface area (Å²) in [5.74, 6) is -0.239. The van der Waals surface area contributed by atoms with Crippen LogP contribution in [-0.2, 0) is 6.42 Å². The standard InChI is InChI=1S/C21H27FN2O/c1-4-5-12-24(13-11-18-7-6-8-19(22)15-18)21(25)23-20-10-9-16(2)14-17(20)3/h6-10,14-15H,4-5,11-13H2,1-3H3,(H,23,25). The fourth-order valence-corrected chi connectivity index (χ4v) is 2.77. The average Bonchev–Trinajstić information content (AvgIpc) is 2.57. The third-order valence-corrected chi connectivity index (χ3v) is 4.25. The zero-order chi connectivity index (χ0) is 18.2. The lowest BCUT2D eigenvalue weighted by Gasteiger charge is -2.23. The van der Waals surface area contributed by atoms with Crippen LogP contribution in [0.3, 0.4) is 0 Å². The lowest BCUT2D eigenvalue weighted by atomic mass is 10.1. The topological polar surface area (TPSA) is 32.3 Å². The minimum atomic E-state index is -0.239. The number of anilines is 1. The molecule has 0 fully saturated rings. The molecule has 2 aromatic rings. The quantitative estimate of drug-likeness (QED) is 0.726. The summed E-state index contributed by atoms with van der Waals surface area (Å²) in [5.41, 5.74) is 3.96. The van der Waals surface area contributed by atoms with Crippen LogP contribution in [0.25, 0.3) is 0 Å². The van der Waals surface area contributed by atoms with Gasteiger partial charge in [0.05, 0.1) is 0 Å². The number of nitrogens with zero attached hydrogens (tertiary/aromatic N) is 1. The van der Waals surface area contributed by atoms with E-state index in [1.807, 2.05) is 36.9 Å². The average molecular weight is 342 g/mol. The largest absolute Gasteiger partial charge is 0.324 e. The number of hydrogen-bond acceptors (Lipinski definition) is 1. The van der Waals surface area contributed by atoms with Crippen LogP contribution in [-0.4, -0.2) is 24.0 Å². The molecule has 0 aromatic heterocycles. The fourth-order valence-electron chi connectivity index (χ4n) is 2.77. The van der Waals surface area contributed by atoms with Crippen LogP contribution >= 0.6 is 0 Å². The Labute approximate surface area is 149 Å². The normalized spacial score (nSPS) is 10.6. The first-order valence-electron chi connectivity index (χ1n) is 8.87. The molecule has 0 bridgehead atoms. The van der Waals surface area contributed by atoms with E-state index in [9.17, 15) is 9.18 Å². The summed E-state index contributed by atoms with van der Waals surface area (Å²) in [6, 6.07) is 12.4. The third kappa shape index (κ3) is 5.89. The number of hydrogen-bond donors (Lipinski definition) is 1. The number of urea groups is 1. The summed E-state index contributed by atoms with van der Waals surface area (Å²) >= 11 is 0. The summed E-state index contributed by atoms with van der Waals surface area (Å²) in [5, 5.41) is 3.01. The summed E-state index contributed by atoms with van der Waals surface area (Å²) < 4.78 is 13.3. The van der Waals surface area contributed by atoms with Gasteiger partial charge in [-0.2, -0.15) is 0 Å². The lowest BCUT2D eigenvalue weighted by Crippen LogP contribution is -2.37. The van der Waals surface area contributed by atoms with Gasteiger partial charge in [0.1, 0.15) is 5.82 Å². The molecule has 0 heterocycles. The van der Waals surface area contributed by atoms with Crippen molar-refractivity contribution in [2.45, 2.75) is 40.0 Å². The van der Waals surface area contributed by atoms with Gasteiger partial charge in [-0.25, -0.2) is 9.18 Å². The number of carbonyl (C=O) groups excluding carboxylic acids is 1. The van der Waals surface area contributed by atoms with Crippen LogP contribution < -0.4 is 5.32 Å². The number of benzene rings is 2. The maximum atomic E-state index is 13.3. The number of halogens is 1. The van der Waals surface area contributed by atoms with E-state index in [1.165, 1.54) is 17.7 Å². The van der Waals surface area contributed by atoms with Gasteiger partial charge in [0.25, 0.3) is 0 Å². The summed E-state index contributed by atoms with van der Waals surface area (Å²) in [6.45, 7) is 7.40. The second-order valence-corrected chi connectivity index (χ2v) is 6.47. The van der Waals surface area contributed by atoms with Gasteiger partial charge in [-0.1, -0.05) is 43.2 Å². The van der Waals surface area contributed by atoms with Crippen LogP contribution in [0.15, 0.2) is 42.5 Å². The van der Waals surface area contributed by atoms with E-state index in [0.717, 1.165) is 29.7 Å². The highest BCUT2D eigenvalue weighted by Crippen LogP contribution is 2.17. The van der Waals surface area contributed by atoms with Crippen molar-refractivity contribution in [3.05, 3.63) is 65.0 Å². The van der Waals surface area contributed by atoms with Crippen molar-refractivity contribution in [1.29, 1.82) is 0 Å². The third-order valence-electron chi connectivity index (χ3n) is 4.25. The van der Waals surface area contributed by atoms with Crippen LogP contribution in [0.1, 0.15) is 36.5 Å². The number of aryl methyl sites for hydroxylation is 2. The molecular formula is C21H27FN2O. The smallest absolute Gasteiger partial charge is 0.321 e. The number of nitrogens with one attached hydrogen (secondary N) is 1. The van der Waals surface area contributed by atoms with E-state index in [4.69, 9.17) is 0 Å². The van der Waals surface area contributed by atoms with Crippen LogP contribution in [0, 0.1) is 19.7 Å². The van der Waals surface area contributed by atoms with Gasteiger partial charge in [0.2, 0.25) is 0 Å². The van der Waals surface area contributed by atoms with E-state index in [0.29, 0.717) is 19.5 Å². The number of amides is 2. The molecular weight excluding hydrogens is 315 g/mol. The van der Waals surface area contributed by atoms with Crippen molar-refractivity contribution in [3.8, 4) is 0 Å². The Morgan fingerprint density at radius 1 is 1.12 bits per heavy atom. The Kier molecular flexibility index (Phi) is 6.99. The Morgan fingerprint density at radius 3 is 2.60 bits per heavy atom. The first-order valence-corrected chi connectivity index (χ1v) is 8.87.